The summed E-state index contributed by atoms with van der Waals surface area (Å²) >= 11 is 0. The van der Waals surface area contributed by atoms with E-state index >= 15 is 0 Å². The Labute approximate surface area is 189 Å². The minimum absolute atomic E-state index is 0. The van der Waals surface area contributed by atoms with E-state index in [0.717, 1.165) is 29.8 Å². The van der Waals surface area contributed by atoms with Gasteiger partial charge < -0.3 is 10.1 Å². The van der Waals surface area contributed by atoms with Crippen LogP contribution in [0.25, 0.3) is 10.8 Å². The normalized spacial score (nSPS) is 10.6. The summed E-state index contributed by atoms with van der Waals surface area (Å²) in [7, 11) is 0. The molecular weight excluding hydrogens is 409 g/mol. The van der Waals surface area contributed by atoms with Gasteiger partial charge in [0.05, 0.1) is 0 Å². The molecule has 0 heterocycles. The summed E-state index contributed by atoms with van der Waals surface area (Å²) < 4.78 is 19.3. The van der Waals surface area contributed by atoms with E-state index in [9.17, 15) is 4.39 Å². The molecule has 0 bridgehead atoms. The molecule has 0 unspecified atom stereocenters. The number of benzene rings is 4. The van der Waals surface area contributed by atoms with E-state index in [4.69, 9.17) is 4.74 Å². The van der Waals surface area contributed by atoms with Crippen LogP contribution >= 0.6 is 12.4 Å². The lowest BCUT2D eigenvalue weighted by molar-refractivity contribution is 0.303. The van der Waals surface area contributed by atoms with Crippen LogP contribution in [0.1, 0.15) is 22.3 Å². The fourth-order valence-corrected chi connectivity index (χ4v) is 3.58. The van der Waals surface area contributed by atoms with E-state index in [2.05, 4.69) is 72.9 Å². The quantitative estimate of drug-likeness (QED) is 0.314. The van der Waals surface area contributed by atoms with Crippen molar-refractivity contribution in [3.05, 3.63) is 113 Å². The zero-order chi connectivity index (χ0) is 20.8. The topological polar surface area (TPSA) is 21.3 Å². The monoisotopic (exact) mass is 435 g/mol. The maximum Gasteiger partial charge on any atom is 0.124 e. The van der Waals surface area contributed by atoms with Gasteiger partial charge in [0.15, 0.2) is 0 Å². The third-order valence-electron chi connectivity index (χ3n) is 5.32. The number of fused-ring (bicyclic) bond motifs is 1. The zero-order valence-electron chi connectivity index (χ0n) is 17.6. The van der Waals surface area contributed by atoms with Gasteiger partial charge in [-0.15, -0.1) is 12.4 Å². The van der Waals surface area contributed by atoms with Gasteiger partial charge >= 0.3 is 0 Å². The van der Waals surface area contributed by atoms with Gasteiger partial charge in [0, 0.05) is 12.1 Å². The number of nitrogens with one attached hydrogen (secondary N) is 1. The van der Waals surface area contributed by atoms with Crippen molar-refractivity contribution in [2.75, 3.05) is 6.54 Å². The van der Waals surface area contributed by atoms with Crippen LogP contribution in [0.4, 0.5) is 4.39 Å². The lowest BCUT2D eigenvalue weighted by atomic mass is 10.0. The Morgan fingerprint density at radius 2 is 1.52 bits per heavy atom. The van der Waals surface area contributed by atoms with Crippen LogP contribution in [0.2, 0.25) is 0 Å². The maximum atomic E-state index is 13.1. The van der Waals surface area contributed by atoms with Crippen molar-refractivity contribution in [2.24, 2.45) is 0 Å². The van der Waals surface area contributed by atoms with E-state index in [1.807, 2.05) is 12.1 Å². The number of halogens is 2. The van der Waals surface area contributed by atoms with Crippen molar-refractivity contribution in [3.8, 4) is 5.75 Å². The molecule has 4 aromatic carbocycles. The van der Waals surface area contributed by atoms with E-state index in [1.165, 1.54) is 34.0 Å². The highest BCUT2D eigenvalue weighted by Gasteiger charge is 2.09. The number of hydrogen-bond donors (Lipinski definition) is 1. The predicted octanol–water partition coefficient (Wildman–Crippen LogP) is 6.62. The molecule has 0 saturated heterocycles. The Bertz CT molecular complexity index is 1110. The Balaban J connectivity index is 0.00000272. The van der Waals surface area contributed by atoms with Crippen LogP contribution in [-0.4, -0.2) is 6.54 Å². The van der Waals surface area contributed by atoms with Crippen molar-refractivity contribution in [1.82, 2.24) is 5.32 Å². The van der Waals surface area contributed by atoms with Crippen molar-refractivity contribution < 1.29 is 9.13 Å². The summed E-state index contributed by atoms with van der Waals surface area (Å²) in [6, 6.07) is 27.7. The van der Waals surface area contributed by atoms with Crippen LogP contribution in [0, 0.1) is 12.7 Å². The molecule has 0 saturated carbocycles. The first-order valence-corrected chi connectivity index (χ1v) is 10.3. The Hall–Kier alpha value is -2.88. The molecule has 0 spiro atoms. The van der Waals surface area contributed by atoms with Crippen LogP contribution < -0.4 is 10.1 Å². The van der Waals surface area contributed by atoms with Gasteiger partial charge in [0.2, 0.25) is 0 Å². The zero-order valence-corrected chi connectivity index (χ0v) is 18.4. The second-order valence-electron chi connectivity index (χ2n) is 7.59. The molecule has 4 rings (SSSR count). The summed E-state index contributed by atoms with van der Waals surface area (Å²) in [4.78, 5) is 0. The molecule has 0 aromatic heterocycles. The Kier molecular flexibility index (Phi) is 8.05. The lowest BCUT2D eigenvalue weighted by Gasteiger charge is -2.15. The minimum atomic E-state index is -0.196. The smallest absolute Gasteiger partial charge is 0.124 e. The van der Waals surface area contributed by atoms with Gasteiger partial charge in [-0.25, -0.2) is 4.39 Å². The lowest BCUT2D eigenvalue weighted by Crippen LogP contribution is -2.17. The highest BCUT2D eigenvalue weighted by Crippen LogP contribution is 2.29. The van der Waals surface area contributed by atoms with Gasteiger partial charge in [-0.2, -0.15) is 0 Å². The van der Waals surface area contributed by atoms with Crippen LogP contribution in [0.15, 0.2) is 84.9 Å². The number of aryl methyl sites for hydroxylation is 1. The number of ether oxygens (including phenoxy) is 1. The van der Waals surface area contributed by atoms with Crippen LogP contribution in [0.3, 0.4) is 0 Å². The summed E-state index contributed by atoms with van der Waals surface area (Å²) in [5, 5.41) is 5.94. The molecule has 2 nitrogen and oxygen atoms in total. The van der Waals surface area contributed by atoms with Crippen molar-refractivity contribution in [1.29, 1.82) is 0 Å². The Morgan fingerprint density at radius 3 is 2.29 bits per heavy atom. The molecule has 31 heavy (non-hydrogen) atoms. The molecule has 0 atom stereocenters. The van der Waals surface area contributed by atoms with E-state index in [1.54, 1.807) is 0 Å². The van der Waals surface area contributed by atoms with Gasteiger partial charge in [-0.05, 0) is 60.0 Å². The maximum absolute atomic E-state index is 13.1. The standard InChI is InChI=1S/C27H26FNO.ClH/c1-20-6-8-22(9-7-20)19-30-27-15-12-23-4-2-3-5-25(23)26(27)18-29-17-16-21-10-13-24(28)14-11-21;/h2-15,29H,16-19H2,1H3;1H. The van der Waals surface area contributed by atoms with Gasteiger partial charge in [-0.3, -0.25) is 0 Å². The highest BCUT2D eigenvalue weighted by atomic mass is 35.5. The van der Waals surface area contributed by atoms with E-state index in [0.29, 0.717) is 13.2 Å². The second kappa shape index (κ2) is 10.9. The third-order valence-corrected chi connectivity index (χ3v) is 5.32. The van der Waals surface area contributed by atoms with Crippen molar-refractivity contribution >= 4 is 23.2 Å². The predicted molar refractivity (Wildman–Crippen MR) is 129 cm³/mol. The van der Waals surface area contributed by atoms with E-state index < -0.39 is 0 Å². The minimum Gasteiger partial charge on any atom is -0.489 e. The number of hydrogen-bond acceptors (Lipinski definition) is 2. The molecule has 4 heteroatoms. The first-order valence-electron chi connectivity index (χ1n) is 10.3. The van der Waals surface area contributed by atoms with Gasteiger partial charge in [0.25, 0.3) is 0 Å². The molecule has 0 radical (unpaired) electrons. The summed E-state index contributed by atoms with van der Waals surface area (Å²) in [6.07, 6.45) is 0.852. The summed E-state index contributed by atoms with van der Waals surface area (Å²) in [5.74, 6) is 0.710. The van der Waals surface area contributed by atoms with E-state index in [-0.39, 0.29) is 18.2 Å². The average Bonchev–Trinajstić information content (AvgIpc) is 2.78. The fourth-order valence-electron chi connectivity index (χ4n) is 3.58. The van der Waals surface area contributed by atoms with Gasteiger partial charge in [0.1, 0.15) is 18.2 Å². The molecule has 4 aromatic rings. The highest BCUT2D eigenvalue weighted by molar-refractivity contribution is 5.87. The molecule has 0 fully saturated rings. The molecule has 0 aliphatic heterocycles. The average molecular weight is 436 g/mol. The first kappa shape index (κ1) is 22.8. The molecule has 0 aliphatic rings. The molecule has 1 N–H and O–H groups in total. The summed E-state index contributed by atoms with van der Waals surface area (Å²) in [6.45, 7) is 4.16. The molecular formula is C27H27ClFNO. The summed E-state index contributed by atoms with van der Waals surface area (Å²) in [5.41, 5.74) is 4.69. The van der Waals surface area contributed by atoms with Crippen LogP contribution in [-0.2, 0) is 19.6 Å². The molecule has 160 valence electrons. The third kappa shape index (κ3) is 6.06. The number of rotatable bonds is 8. The largest absolute Gasteiger partial charge is 0.489 e. The van der Waals surface area contributed by atoms with Crippen molar-refractivity contribution in [3.63, 3.8) is 0 Å². The molecule has 0 aliphatic carbocycles. The fraction of sp³-hybridized carbons (Fsp3) is 0.185. The van der Waals surface area contributed by atoms with Crippen molar-refractivity contribution in [2.45, 2.75) is 26.5 Å². The molecule has 0 amide bonds. The Morgan fingerprint density at radius 1 is 0.806 bits per heavy atom. The first-order chi connectivity index (χ1) is 14.7. The van der Waals surface area contributed by atoms with Gasteiger partial charge in [-0.1, -0.05) is 72.3 Å². The van der Waals surface area contributed by atoms with Crippen LogP contribution in [0.5, 0.6) is 5.75 Å². The second-order valence-corrected chi connectivity index (χ2v) is 7.59. The SMILES string of the molecule is Cc1ccc(COc2ccc3ccccc3c2CNCCc2ccc(F)cc2)cc1.Cl.